The molecule has 2 heterocycles. The van der Waals surface area contributed by atoms with Gasteiger partial charge in [-0.2, -0.15) is 0 Å². The molecule has 0 spiro atoms. The van der Waals surface area contributed by atoms with Crippen LogP contribution < -0.4 is 0 Å². The zero-order chi connectivity index (χ0) is 11.4. The van der Waals surface area contributed by atoms with Gasteiger partial charge in [0.05, 0.1) is 6.17 Å². The minimum atomic E-state index is -0.395. The van der Waals surface area contributed by atoms with Gasteiger partial charge in [-0.15, -0.1) is 0 Å². The average molecular weight is 218 g/mol. The van der Waals surface area contributed by atoms with Crippen molar-refractivity contribution in [3.8, 4) is 0 Å². The van der Waals surface area contributed by atoms with Gasteiger partial charge in [0, 0.05) is 31.3 Å². The van der Waals surface area contributed by atoms with Crippen LogP contribution in [0.15, 0.2) is 23.4 Å². The predicted octanol–water partition coefficient (Wildman–Crippen LogP) is 0.172. The van der Waals surface area contributed by atoms with Gasteiger partial charge in [-0.3, -0.25) is 14.5 Å². The van der Waals surface area contributed by atoms with Crippen molar-refractivity contribution in [1.82, 2.24) is 9.80 Å². The summed E-state index contributed by atoms with van der Waals surface area (Å²) in [6.07, 6.45) is 4.41. The fraction of sp³-hybridized carbons (Fsp3) is 0.500. The molecule has 4 heteroatoms. The Morgan fingerprint density at radius 1 is 1.19 bits per heavy atom. The van der Waals surface area contributed by atoms with E-state index in [0.717, 1.165) is 24.2 Å². The molecule has 2 aliphatic heterocycles. The van der Waals surface area contributed by atoms with Gasteiger partial charge in [0.25, 0.3) is 0 Å². The van der Waals surface area contributed by atoms with E-state index in [1.807, 2.05) is 7.05 Å². The van der Waals surface area contributed by atoms with Crippen LogP contribution in [0.1, 0.15) is 6.42 Å². The van der Waals surface area contributed by atoms with Crippen molar-refractivity contribution in [2.45, 2.75) is 12.6 Å². The van der Waals surface area contributed by atoms with Crippen LogP contribution in [0.3, 0.4) is 0 Å². The Morgan fingerprint density at radius 3 is 2.62 bits per heavy atom. The van der Waals surface area contributed by atoms with Gasteiger partial charge in [-0.1, -0.05) is 0 Å². The van der Waals surface area contributed by atoms with E-state index in [9.17, 15) is 9.59 Å². The van der Waals surface area contributed by atoms with E-state index in [-0.39, 0.29) is 5.78 Å². The van der Waals surface area contributed by atoms with Gasteiger partial charge in [-0.25, -0.2) is 0 Å². The first-order chi connectivity index (χ1) is 7.59. The highest BCUT2D eigenvalue weighted by Gasteiger charge is 2.46. The van der Waals surface area contributed by atoms with E-state index in [4.69, 9.17) is 0 Å². The van der Waals surface area contributed by atoms with Gasteiger partial charge in [0.2, 0.25) is 11.6 Å². The second-order valence-corrected chi connectivity index (χ2v) is 4.76. The summed E-state index contributed by atoms with van der Waals surface area (Å²) in [6, 6.07) is 0. The fourth-order valence-corrected chi connectivity index (χ4v) is 3.12. The molecule has 0 radical (unpaired) electrons. The number of nitrogens with zero attached hydrogens (tertiary/aromatic N) is 2. The lowest BCUT2D eigenvalue weighted by Crippen LogP contribution is -2.37. The van der Waals surface area contributed by atoms with Crippen LogP contribution in [0, 0.1) is 5.92 Å². The molecule has 0 saturated carbocycles. The van der Waals surface area contributed by atoms with Crippen molar-refractivity contribution >= 4 is 11.6 Å². The van der Waals surface area contributed by atoms with E-state index in [1.54, 1.807) is 0 Å². The molecule has 84 valence electrons. The number of hydrogen-bond donors (Lipinski definition) is 0. The summed E-state index contributed by atoms with van der Waals surface area (Å²) < 4.78 is 0. The number of carbonyl (C=O) groups is 2. The Bertz CT molecular complexity index is 450. The topological polar surface area (TPSA) is 40.6 Å². The molecule has 0 aromatic rings. The third kappa shape index (κ3) is 1.08. The number of ketones is 2. The minimum Gasteiger partial charge on any atom is -0.358 e. The average Bonchev–Trinajstić information content (AvgIpc) is 2.73. The Kier molecular flexibility index (Phi) is 1.86. The number of likely N-dealkylation sites (N-methyl/N-ethyl adjacent to an activating group) is 1. The summed E-state index contributed by atoms with van der Waals surface area (Å²) >= 11 is 0. The third-order valence-electron chi connectivity index (χ3n) is 3.87. The first kappa shape index (κ1) is 9.78. The molecular weight excluding hydrogens is 204 g/mol. The molecule has 2 atom stereocenters. The summed E-state index contributed by atoms with van der Waals surface area (Å²) in [7, 11) is 4.08. The number of allylic oxidation sites excluding steroid dienone is 3. The van der Waals surface area contributed by atoms with Crippen molar-refractivity contribution in [1.29, 1.82) is 0 Å². The van der Waals surface area contributed by atoms with Crippen LogP contribution >= 0.6 is 0 Å². The molecule has 0 bridgehead atoms. The molecule has 2 saturated heterocycles. The minimum absolute atomic E-state index is 0.316. The number of carbonyl (C=O) groups excluding carboxylic acids is 2. The molecule has 3 aliphatic rings. The summed E-state index contributed by atoms with van der Waals surface area (Å²) in [5.41, 5.74) is 1.99. The summed E-state index contributed by atoms with van der Waals surface area (Å²) in [5.74, 6) is -0.381. The lowest BCUT2D eigenvalue weighted by atomic mass is 9.92. The fourth-order valence-electron chi connectivity index (χ4n) is 3.12. The lowest BCUT2D eigenvalue weighted by Gasteiger charge is -2.27. The van der Waals surface area contributed by atoms with E-state index < -0.39 is 5.78 Å². The van der Waals surface area contributed by atoms with E-state index in [1.165, 1.54) is 12.2 Å². The van der Waals surface area contributed by atoms with E-state index in [0.29, 0.717) is 12.1 Å². The van der Waals surface area contributed by atoms with E-state index >= 15 is 0 Å². The summed E-state index contributed by atoms with van der Waals surface area (Å²) in [5, 5.41) is 0. The van der Waals surface area contributed by atoms with Crippen molar-refractivity contribution in [3.05, 3.63) is 23.4 Å². The van der Waals surface area contributed by atoms with Crippen molar-refractivity contribution in [2.24, 2.45) is 5.92 Å². The van der Waals surface area contributed by atoms with Crippen LogP contribution in [0.5, 0.6) is 0 Å². The first-order valence-electron chi connectivity index (χ1n) is 5.54. The quantitative estimate of drug-likeness (QED) is 0.429. The van der Waals surface area contributed by atoms with Gasteiger partial charge >= 0.3 is 0 Å². The van der Waals surface area contributed by atoms with Crippen LogP contribution in [0.25, 0.3) is 0 Å². The number of hydrogen-bond acceptors (Lipinski definition) is 4. The first-order valence-corrected chi connectivity index (χ1v) is 5.54. The number of rotatable bonds is 0. The van der Waals surface area contributed by atoms with Crippen LogP contribution in [0.4, 0.5) is 0 Å². The summed E-state index contributed by atoms with van der Waals surface area (Å²) in [4.78, 5) is 27.2. The largest absolute Gasteiger partial charge is 0.358 e. The zero-order valence-corrected chi connectivity index (χ0v) is 9.43. The molecule has 0 unspecified atom stereocenters. The van der Waals surface area contributed by atoms with E-state index in [2.05, 4.69) is 16.8 Å². The maximum atomic E-state index is 11.4. The molecule has 4 nitrogen and oxygen atoms in total. The predicted molar refractivity (Wildman–Crippen MR) is 58.5 cm³/mol. The maximum absolute atomic E-state index is 11.4. The van der Waals surface area contributed by atoms with Crippen molar-refractivity contribution < 1.29 is 9.59 Å². The van der Waals surface area contributed by atoms with Crippen LogP contribution in [0.2, 0.25) is 0 Å². The standard InChI is InChI=1S/C12H14N2O2/c1-13-4-3-7-8-5-10(15)11(16)6-9(8)14(2)12(7)13/h5-7,12H,3-4H2,1-2H3/t7-,12+/m0/s1. The molecular formula is C12H14N2O2. The maximum Gasteiger partial charge on any atom is 0.227 e. The second kappa shape index (κ2) is 3.04. The second-order valence-electron chi connectivity index (χ2n) is 4.76. The molecule has 0 amide bonds. The van der Waals surface area contributed by atoms with Crippen molar-refractivity contribution in [3.63, 3.8) is 0 Å². The lowest BCUT2D eigenvalue weighted by molar-refractivity contribution is -0.131. The molecule has 0 aromatic heterocycles. The monoisotopic (exact) mass is 218 g/mol. The van der Waals surface area contributed by atoms with Gasteiger partial charge in [-0.05, 0) is 25.1 Å². The SMILES string of the molecule is CN1CC[C@H]2C3=CC(=O)C(=O)C=C3N(C)[C@H]21. The molecule has 16 heavy (non-hydrogen) atoms. The Labute approximate surface area is 94.2 Å². The molecule has 0 aromatic carbocycles. The normalized spacial score (nSPS) is 33.8. The Hall–Kier alpha value is -1.42. The number of fused-ring (bicyclic) bond motifs is 3. The molecule has 3 rings (SSSR count). The number of likely N-dealkylation sites (tertiary alicyclic amines) is 2. The van der Waals surface area contributed by atoms with Gasteiger partial charge < -0.3 is 4.90 Å². The van der Waals surface area contributed by atoms with Gasteiger partial charge in [0.15, 0.2) is 0 Å². The molecule has 0 N–H and O–H groups in total. The van der Waals surface area contributed by atoms with Crippen molar-refractivity contribution in [2.75, 3.05) is 20.6 Å². The molecule has 2 fully saturated rings. The highest BCUT2D eigenvalue weighted by Crippen LogP contribution is 2.44. The molecule has 1 aliphatic carbocycles. The van der Waals surface area contributed by atoms with Gasteiger partial charge in [0.1, 0.15) is 0 Å². The highest BCUT2D eigenvalue weighted by molar-refractivity contribution is 6.46. The van der Waals surface area contributed by atoms with Crippen LogP contribution in [-0.4, -0.2) is 48.2 Å². The highest BCUT2D eigenvalue weighted by atomic mass is 16.2. The van der Waals surface area contributed by atoms with Crippen LogP contribution in [-0.2, 0) is 9.59 Å². The third-order valence-corrected chi connectivity index (χ3v) is 3.87. The smallest absolute Gasteiger partial charge is 0.227 e. The zero-order valence-electron chi connectivity index (χ0n) is 9.43. The Balaban J connectivity index is 2.08. The summed E-state index contributed by atoms with van der Waals surface area (Å²) in [6.45, 7) is 1.05. The Morgan fingerprint density at radius 2 is 1.88 bits per heavy atom.